The molecule has 1 aromatic carbocycles. The van der Waals surface area contributed by atoms with Gasteiger partial charge in [-0.2, -0.15) is 0 Å². The molecule has 1 aromatic rings. The van der Waals surface area contributed by atoms with Crippen molar-refractivity contribution in [1.29, 1.82) is 0 Å². The first-order chi connectivity index (χ1) is 9.74. The molecular weight excluding hydrogens is 246 g/mol. The predicted molar refractivity (Wildman–Crippen MR) is 82.7 cm³/mol. The molecule has 2 unspecified atom stereocenters. The van der Waals surface area contributed by atoms with Crippen LogP contribution in [0.3, 0.4) is 0 Å². The van der Waals surface area contributed by atoms with E-state index in [4.69, 9.17) is 4.74 Å². The Balaban J connectivity index is 1.60. The second-order valence-electron chi connectivity index (χ2n) is 6.54. The number of aryl methyl sites for hydroxylation is 1. The van der Waals surface area contributed by atoms with Crippen LogP contribution >= 0.6 is 0 Å². The van der Waals surface area contributed by atoms with Crippen molar-refractivity contribution in [1.82, 2.24) is 5.32 Å². The second-order valence-corrected chi connectivity index (χ2v) is 6.54. The van der Waals surface area contributed by atoms with Crippen molar-refractivity contribution < 1.29 is 4.74 Å². The van der Waals surface area contributed by atoms with Crippen molar-refractivity contribution in [3.05, 3.63) is 35.4 Å². The van der Waals surface area contributed by atoms with Crippen molar-refractivity contribution in [2.75, 3.05) is 6.61 Å². The molecule has 0 bridgehead atoms. The molecule has 20 heavy (non-hydrogen) atoms. The van der Waals surface area contributed by atoms with E-state index in [2.05, 4.69) is 43.4 Å². The highest BCUT2D eigenvalue weighted by atomic mass is 16.5. The summed E-state index contributed by atoms with van der Waals surface area (Å²) in [6, 6.07) is 9.48. The fraction of sp³-hybridized carbons (Fsp3) is 0.667. The Morgan fingerprint density at radius 2 is 2.10 bits per heavy atom. The Hall–Kier alpha value is -0.860. The summed E-state index contributed by atoms with van der Waals surface area (Å²) in [6.07, 6.45) is 7.16. The first-order valence-electron chi connectivity index (χ1n) is 8.15. The summed E-state index contributed by atoms with van der Waals surface area (Å²) in [5.74, 6) is 0. The summed E-state index contributed by atoms with van der Waals surface area (Å²) in [5.41, 5.74) is 3.19. The highest BCUT2D eigenvalue weighted by Gasteiger charge is 2.56. The zero-order chi connectivity index (χ0) is 14.0. The minimum atomic E-state index is 0.444. The highest BCUT2D eigenvalue weighted by Crippen LogP contribution is 2.54. The standard InChI is InChI=1S/C18H27NO/c1-3-20-17-12-16(18(17)9-4-5-10-18)19-13-15-8-6-7-14(2)11-15/h6-8,11,16-17,19H,3-5,9-10,12-13H2,1-2H3. The highest BCUT2D eigenvalue weighted by molar-refractivity contribution is 5.22. The quantitative estimate of drug-likeness (QED) is 0.880. The van der Waals surface area contributed by atoms with E-state index < -0.39 is 0 Å². The molecule has 2 saturated carbocycles. The lowest BCUT2D eigenvalue weighted by Crippen LogP contribution is -2.62. The topological polar surface area (TPSA) is 21.3 Å². The van der Waals surface area contributed by atoms with E-state index in [0.29, 0.717) is 17.6 Å². The predicted octanol–water partition coefficient (Wildman–Crippen LogP) is 3.82. The van der Waals surface area contributed by atoms with E-state index in [1.807, 2.05) is 0 Å². The van der Waals surface area contributed by atoms with Gasteiger partial charge in [0.1, 0.15) is 0 Å². The zero-order valence-electron chi connectivity index (χ0n) is 12.8. The average Bonchev–Trinajstić information content (AvgIpc) is 2.94. The van der Waals surface area contributed by atoms with Crippen molar-refractivity contribution in [3.63, 3.8) is 0 Å². The Kier molecular flexibility index (Phi) is 4.13. The normalized spacial score (nSPS) is 27.7. The monoisotopic (exact) mass is 273 g/mol. The van der Waals surface area contributed by atoms with Gasteiger partial charge in [-0.05, 0) is 38.7 Å². The molecule has 2 fully saturated rings. The molecule has 110 valence electrons. The maximum Gasteiger partial charge on any atom is 0.0661 e. The lowest BCUT2D eigenvalue weighted by molar-refractivity contribution is -0.130. The first kappa shape index (κ1) is 14.1. The van der Waals surface area contributed by atoms with Crippen LogP contribution in [0.4, 0.5) is 0 Å². The zero-order valence-corrected chi connectivity index (χ0v) is 12.8. The Morgan fingerprint density at radius 3 is 2.80 bits per heavy atom. The molecule has 2 aliphatic carbocycles. The fourth-order valence-corrected chi connectivity index (χ4v) is 4.24. The van der Waals surface area contributed by atoms with Gasteiger partial charge in [-0.1, -0.05) is 42.7 Å². The van der Waals surface area contributed by atoms with Crippen molar-refractivity contribution in [2.24, 2.45) is 5.41 Å². The van der Waals surface area contributed by atoms with Crippen LogP contribution in [-0.4, -0.2) is 18.8 Å². The third kappa shape index (κ3) is 2.51. The van der Waals surface area contributed by atoms with Crippen LogP contribution in [0.2, 0.25) is 0 Å². The Labute approximate surface area is 122 Å². The molecule has 2 atom stereocenters. The van der Waals surface area contributed by atoms with Crippen LogP contribution in [0.5, 0.6) is 0 Å². The number of ether oxygens (including phenoxy) is 1. The number of rotatable bonds is 5. The maximum absolute atomic E-state index is 5.98. The minimum Gasteiger partial charge on any atom is -0.378 e. The third-order valence-corrected chi connectivity index (χ3v) is 5.32. The summed E-state index contributed by atoms with van der Waals surface area (Å²) in [4.78, 5) is 0. The van der Waals surface area contributed by atoms with Crippen molar-refractivity contribution in [3.8, 4) is 0 Å². The Bertz CT molecular complexity index is 450. The molecular formula is C18H27NO. The van der Waals surface area contributed by atoms with Gasteiger partial charge in [-0.3, -0.25) is 0 Å². The van der Waals surface area contributed by atoms with Gasteiger partial charge in [-0.25, -0.2) is 0 Å². The lowest BCUT2D eigenvalue weighted by Gasteiger charge is -2.54. The summed E-state index contributed by atoms with van der Waals surface area (Å²) >= 11 is 0. The molecule has 3 rings (SSSR count). The van der Waals surface area contributed by atoms with E-state index in [-0.39, 0.29) is 0 Å². The van der Waals surface area contributed by atoms with Gasteiger partial charge in [0.05, 0.1) is 6.10 Å². The third-order valence-electron chi connectivity index (χ3n) is 5.32. The van der Waals surface area contributed by atoms with Crippen LogP contribution in [0.25, 0.3) is 0 Å². The van der Waals surface area contributed by atoms with Gasteiger partial charge in [0.15, 0.2) is 0 Å². The first-order valence-corrected chi connectivity index (χ1v) is 8.15. The molecule has 0 saturated heterocycles. The van der Waals surface area contributed by atoms with Crippen LogP contribution in [0, 0.1) is 12.3 Å². The van der Waals surface area contributed by atoms with Gasteiger partial charge in [0.2, 0.25) is 0 Å². The van der Waals surface area contributed by atoms with Crippen LogP contribution in [0.1, 0.15) is 50.2 Å². The van der Waals surface area contributed by atoms with Crippen LogP contribution < -0.4 is 5.32 Å². The molecule has 0 radical (unpaired) electrons. The SMILES string of the molecule is CCOC1CC(NCc2cccc(C)c2)C12CCCC2. The van der Waals surface area contributed by atoms with Crippen LogP contribution in [0.15, 0.2) is 24.3 Å². The maximum atomic E-state index is 5.98. The van der Waals surface area contributed by atoms with Gasteiger partial charge < -0.3 is 10.1 Å². The minimum absolute atomic E-state index is 0.444. The molecule has 0 aliphatic heterocycles. The summed E-state index contributed by atoms with van der Waals surface area (Å²) in [7, 11) is 0. The van der Waals surface area contributed by atoms with Gasteiger partial charge in [0.25, 0.3) is 0 Å². The van der Waals surface area contributed by atoms with E-state index in [0.717, 1.165) is 13.2 Å². The molecule has 2 heteroatoms. The lowest BCUT2D eigenvalue weighted by atomic mass is 9.60. The van der Waals surface area contributed by atoms with Gasteiger partial charge >= 0.3 is 0 Å². The fourth-order valence-electron chi connectivity index (χ4n) is 4.24. The van der Waals surface area contributed by atoms with Crippen molar-refractivity contribution in [2.45, 2.75) is 64.6 Å². The molecule has 2 nitrogen and oxygen atoms in total. The summed E-state index contributed by atoms with van der Waals surface area (Å²) in [5, 5.41) is 3.80. The second kappa shape index (κ2) is 5.87. The Morgan fingerprint density at radius 1 is 1.30 bits per heavy atom. The van der Waals surface area contributed by atoms with E-state index >= 15 is 0 Å². The summed E-state index contributed by atoms with van der Waals surface area (Å²) < 4.78 is 5.98. The molecule has 1 N–H and O–H groups in total. The van der Waals surface area contributed by atoms with E-state index in [1.54, 1.807) is 0 Å². The number of hydrogen-bond acceptors (Lipinski definition) is 2. The van der Waals surface area contributed by atoms with Crippen LogP contribution in [-0.2, 0) is 11.3 Å². The van der Waals surface area contributed by atoms with E-state index in [1.165, 1.54) is 43.2 Å². The average molecular weight is 273 g/mol. The molecule has 0 aromatic heterocycles. The van der Waals surface area contributed by atoms with Gasteiger partial charge in [-0.15, -0.1) is 0 Å². The molecule has 2 aliphatic rings. The number of benzene rings is 1. The van der Waals surface area contributed by atoms with E-state index in [9.17, 15) is 0 Å². The molecule has 0 heterocycles. The number of nitrogens with one attached hydrogen (secondary N) is 1. The van der Waals surface area contributed by atoms with Gasteiger partial charge in [0, 0.05) is 24.6 Å². The largest absolute Gasteiger partial charge is 0.378 e. The van der Waals surface area contributed by atoms with Crippen molar-refractivity contribution >= 4 is 0 Å². The number of hydrogen-bond donors (Lipinski definition) is 1. The smallest absolute Gasteiger partial charge is 0.0661 e. The molecule has 1 spiro atoms. The molecule has 0 amide bonds. The summed E-state index contributed by atoms with van der Waals surface area (Å²) in [6.45, 7) is 6.14.